The molecule has 7 nitrogen and oxygen atoms in total. The zero-order valence-corrected chi connectivity index (χ0v) is 19.6. The van der Waals surface area contributed by atoms with Crippen molar-refractivity contribution >= 4 is 33.4 Å². The second-order valence-corrected chi connectivity index (χ2v) is 9.47. The molecule has 0 bridgehead atoms. The van der Waals surface area contributed by atoms with Gasteiger partial charge in [-0.1, -0.05) is 12.1 Å². The molecule has 1 fully saturated rings. The molecule has 1 aliphatic heterocycles. The maximum atomic E-state index is 13.4. The molecule has 9 heteroatoms. The average Bonchev–Trinajstić information content (AvgIpc) is 3.49. The molecule has 1 saturated heterocycles. The summed E-state index contributed by atoms with van der Waals surface area (Å²) in [7, 11) is 0. The minimum atomic E-state index is -0.314. The third kappa shape index (κ3) is 4.61. The predicted octanol–water partition coefficient (Wildman–Crippen LogP) is 4.08. The number of anilines is 1. The number of rotatable bonds is 6. The maximum absolute atomic E-state index is 13.4. The summed E-state index contributed by atoms with van der Waals surface area (Å²) >= 11 is 1.37. The molecule has 3 aromatic heterocycles. The zero-order chi connectivity index (χ0) is 23.7. The fourth-order valence-corrected chi connectivity index (χ4v) is 5.11. The minimum absolute atomic E-state index is 0.0126. The van der Waals surface area contributed by atoms with Crippen LogP contribution in [-0.4, -0.2) is 28.5 Å². The number of piperidine rings is 1. The summed E-state index contributed by atoms with van der Waals surface area (Å²) in [6.07, 6.45) is 1.33. The number of halogens is 1. The highest BCUT2D eigenvalue weighted by atomic mass is 32.1. The lowest BCUT2D eigenvalue weighted by atomic mass is 9.96. The second kappa shape index (κ2) is 9.42. The van der Waals surface area contributed by atoms with Crippen LogP contribution in [0.25, 0.3) is 10.2 Å². The minimum Gasteiger partial charge on any atom is -0.465 e. The summed E-state index contributed by atoms with van der Waals surface area (Å²) in [5, 5.41) is 4.83. The van der Waals surface area contributed by atoms with E-state index in [1.165, 1.54) is 23.5 Å². The van der Waals surface area contributed by atoms with Crippen molar-refractivity contribution in [1.29, 1.82) is 0 Å². The number of thiophene rings is 1. The lowest BCUT2D eigenvalue weighted by molar-refractivity contribution is -0.125. The largest absolute Gasteiger partial charge is 0.465 e. The van der Waals surface area contributed by atoms with Gasteiger partial charge in [-0.25, -0.2) is 9.37 Å². The summed E-state index contributed by atoms with van der Waals surface area (Å²) in [4.78, 5) is 32.8. The number of aromatic nitrogens is 2. The monoisotopic (exact) mass is 480 g/mol. The van der Waals surface area contributed by atoms with E-state index in [-0.39, 0.29) is 23.2 Å². The molecule has 4 heterocycles. The van der Waals surface area contributed by atoms with Gasteiger partial charge in [0, 0.05) is 19.0 Å². The third-order valence-corrected chi connectivity index (χ3v) is 7.07. The number of hydrogen-bond acceptors (Lipinski definition) is 6. The molecule has 176 valence electrons. The van der Waals surface area contributed by atoms with Crippen molar-refractivity contribution < 1.29 is 13.6 Å². The Bertz CT molecular complexity index is 1370. The number of amides is 1. The molecule has 0 saturated carbocycles. The quantitative estimate of drug-likeness (QED) is 0.450. The van der Waals surface area contributed by atoms with Crippen LogP contribution in [0.3, 0.4) is 0 Å². The molecule has 5 rings (SSSR count). The van der Waals surface area contributed by atoms with E-state index < -0.39 is 0 Å². The number of nitrogens with one attached hydrogen (secondary N) is 1. The molecule has 4 aromatic rings. The number of benzene rings is 1. The molecule has 0 aliphatic carbocycles. The number of carbonyl (C=O) groups is 1. The summed E-state index contributed by atoms with van der Waals surface area (Å²) in [5.41, 5.74) is 1.40. The van der Waals surface area contributed by atoms with Crippen LogP contribution in [0.2, 0.25) is 0 Å². The normalized spacial score (nSPS) is 14.6. The Morgan fingerprint density at radius 2 is 1.94 bits per heavy atom. The van der Waals surface area contributed by atoms with Gasteiger partial charge in [-0.15, -0.1) is 11.3 Å². The molecule has 0 atom stereocenters. The Balaban J connectivity index is 1.32. The van der Waals surface area contributed by atoms with Gasteiger partial charge in [-0.2, -0.15) is 0 Å². The van der Waals surface area contributed by atoms with Crippen LogP contribution in [0.15, 0.2) is 57.1 Å². The Morgan fingerprint density at radius 3 is 2.65 bits per heavy atom. The Hall–Kier alpha value is -3.46. The molecule has 34 heavy (non-hydrogen) atoms. The van der Waals surface area contributed by atoms with Crippen molar-refractivity contribution in [1.82, 2.24) is 14.9 Å². The van der Waals surface area contributed by atoms with Gasteiger partial charge in [-0.3, -0.25) is 14.2 Å². The topological polar surface area (TPSA) is 80.4 Å². The molecule has 1 aromatic carbocycles. The van der Waals surface area contributed by atoms with Crippen LogP contribution in [0.5, 0.6) is 0 Å². The lowest BCUT2D eigenvalue weighted by Crippen LogP contribution is -2.42. The van der Waals surface area contributed by atoms with Crippen molar-refractivity contribution in [3.63, 3.8) is 0 Å². The SMILES string of the molecule is Cc1ccc(CNC(=O)C2CCN(c3nc4ccsc4c(=O)n3Cc3ccc(F)cc3)CC2)o1. The molecular formula is C25H25FN4O3S. The van der Waals surface area contributed by atoms with Crippen LogP contribution in [0.4, 0.5) is 10.3 Å². The molecular weight excluding hydrogens is 455 g/mol. The third-order valence-electron chi connectivity index (χ3n) is 6.18. The highest BCUT2D eigenvalue weighted by molar-refractivity contribution is 7.17. The maximum Gasteiger partial charge on any atom is 0.273 e. The molecule has 0 unspecified atom stereocenters. The van der Waals surface area contributed by atoms with Crippen molar-refractivity contribution in [3.8, 4) is 0 Å². The molecule has 0 spiro atoms. The molecule has 1 aliphatic rings. The first-order chi connectivity index (χ1) is 16.5. The Morgan fingerprint density at radius 1 is 1.18 bits per heavy atom. The number of hydrogen-bond donors (Lipinski definition) is 1. The van der Waals surface area contributed by atoms with E-state index in [0.29, 0.717) is 55.2 Å². The van der Waals surface area contributed by atoms with Crippen molar-refractivity contribution in [2.75, 3.05) is 18.0 Å². The highest BCUT2D eigenvalue weighted by Crippen LogP contribution is 2.25. The van der Waals surface area contributed by atoms with E-state index in [9.17, 15) is 14.0 Å². The zero-order valence-electron chi connectivity index (χ0n) is 18.8. The number of furan rings is 1. The first-order valence-corrected chi connectivity index (χ1v) is 12.2. The van der Waals surface area contributed by atoms with Crippen LogP contribution < -0.4 is 15.8 Å². The van der Waals surface area contributed by atoms with Crippen molar-refractivity contribution in [3.05, 3.63) is 81.1 Å². The standard InChI is InChI=1S/C25H25FN4O3S/c1-16-2-7-20(33-16)14-27-23(31)18-8-11-29(12-9-18)25-28-21-10-13-34-22(21)24(32)30(25)15-17-3-5-19(26)6-4-17/h2-7,10,13,18H,8-9,11-12,14-15H2,1H3,(H,27,31). The van der Waals surface area contributed by atoms with Gasteiger partial charge in [0.2, 0.25) is 11.9 Å². The fraction of sp³-hybridized carbons (Fsp3) is 0.320. The number of nitrogens with zero attached hydrogens (tertiary/aromatic N) is 3. The van der Waals surface area contributed by atoms with Gasteiger partial charge in [-0.05, 0) is 61.0 Å². The van der Waals surface area contributed by atoms with E-state index in [4.69, 9.17) is 9.40 Å². The van der Waals surface area contributed by atoms with E-state index in [0.717, 1.165) is 17.1 Å². The summed E-state index contributed by atoms with van der Waals surface area (Å²) < 4.78 is 21.2. The van der Waals surface area contributed by atoms with E-state index >= 15 is 0 Å². The highest BCUT2D eigenvalue weighted by Gasteiger charge is 2.28. The summed E-state index contributed by atoms with van der Waals surface area (Å²) in [6.45, 7) is 3.78. The summed E-state index contributed by atoms with van der Waals surface area (Å²) in [5.74, 6) is 1.74. The Kier molecular flexibility index (Phi) is 6.19. The summed E-state index contributed by atoms with van der Waals surface area (Å²) in [6, 6.07) is 11.7. The van der Waals surface area contributed by atoms with E-state index in [1.807, 2.05) is 30.5 Å². The molecule has 1 N–H and O–H groups in total. The van der Waals surface area contributed by atoms with Crippen LogP contribution in [-0.2, 0) is 17.9 Å². The van der Waals surface area contributed by atoms with Crippen LogP contribution in [0, 0.1) is 18.7 Å². The van der Waals surface area contributed by atoms with E-state index in [1.54, 1.807) is 16.7 Å². The van der Waals surface area contributed by atoms with Gasteiger partial charge in [0.25, 0.3) is 5.56 Å². The molecule has 1 amide bonds. The number of fused-ring (bicyclic) bond motifs is 1. The van der Waals surface area contributed by atoms with Gasteiger partial charge < -0.3 is 14.6 Å². The van der Waals surface area contributed by atoms with Gasteiger partial charge >= 0.3 is 0 Å². The van der Waals surface area contributed by atoms with Crippen LogP contribution >= 0.6 is 11.3 Å². The first kappa shape index (κ1) is 22.3. The lowest BCUT2D eigenvalue weighted by Gasteiger charge is -2.33. The van der Waals surface area contributed by atoms with Crippen molar-refractivity contribution in [2.45, 2.75) is 32.9 Å². The van der Waals surface area contributed by atoms with Crippen LogP contribution in [0.1, 0.15) is 29.9 Å². The average molecular weight is 481 g/mol. The molecule has 0 radical (unpaired) electrons. The van der Waals surface area contributed by atoms with Gasteiger partial charge in [0.1, 0.15) is 22.0 Å². The van der Waals surface area contributed by atoms with Gasteiger partial charge in [0.05, 0.1) is 18.6 Å². The van der Waals surface area contributed by atoms with Gasteiger partial charge in [0.15, 0.2) is 0 Å². The smallest absolute Gasteiger partial charge is 0.273 e. The first-order valence-electron chi connectivity index (χ1n) is 11.3. The van der Waals surface area contributed by atoms with Crippen molar-refractivity contribution in [2.24, 2.45) is 5.92 Å². The fourth-order valence-electron chi connectivity index (χ4n) is 4.33. The predicted molar refractivity (Wildman–Crippen MR) is 130 cm³/mol. The number of carbonyl (C=O) groups excluding carboxylic acids is 1. The van der Waals surface area contributed by atoms with E-state index in [2.05, 4.69) is 10.2 Å². The second-order valence-electron chi connectivity index (χ2n) is 8.56. The number of aryl methyl sites for hydroxylation is 1. The Labute approximate surface area is 199 Å².